The van der Waals surface area contributed by atoms with Gasteiger partial charge in [0.2, 0.25) is 0 Å². The number of carbonyl (C=O) groups excluding carboxylic acids is 2. The molecule has 0 unspecified atom stereocenters. The molecule has 7 heteroatoms. The second-order valence-corrected chi connectivity index (χ2v) is 6.46. The molecule has 1 N–H and O–H groups in total. The molecule has 0 bridgehead atoms. The lowest BCUT2D eigenvalue weighted by molar-refractivity contribution is 0.0600. The molecule has 0 saturated carbocycles. The Bertz CT molecular complexity index is 958. The van der Waals surface area contributed by atoms with Gasteiger partial charge in [0.25, 0.3) is 5.91 Å². The number of pyridine rings is 2. The third-order valence-corrected chi connectivity index (χ3v) is 4.45. The van der Waals surface area contributed by atoms with Crippen LogP contribution >= 0.6 is 0 Å². The van der Waals surface area contributed by atoms with Crippen LogP contribution in [0.25, 0.3) is 0 Å². The number of methoxy groups -OCH3 is 1. The Hall–Kier alpha value is -3.74. The predicted molar refractivity (Wildman–Crippen MR) is 111 cm³/mol. The molecule has 29 heavy (non-hydrogen) atoms. The van der Waals surface area contributed by atoms with Gasteiger partial charge in [-0.1, -0.05) is 0 Å². The van der Waals surface area contributed by atoms with E-state index in [1.807, 2.05) is 30.1 Å². The summed E-state index contributed by atoms with van der Waals surface area (Å²) >= 11 is 0. The summed E-state index contributed by atoms with van der Waals surface area (Å²) in [6.07, 6.45) is 5.99. The summed E-state index contributed by atoms with van der Waals surface area (Å²) in [5.41, 5.74) is 2.67. The molecule has 3 rings (SSSR count). The number of carbonyl (C=O) groups is 2. The second kappa shape index (κ2) is 9.45. The molecule has 0 fully saturated rings. The number of amides is 1. The summed E-state index contributed by atoms with van der Waals surface area (Å²) in [6.45, 7) is 0.801. The van der Waals surface area contributed by atoms with Gasteiger partial charge in [-0.15, -0.1) is 0 Å². The first kappa shape index (κ1) is 20.0. The number of rotatable bonds is 7. The number of benzene rings is 1. The van der Waals surface area contributed by atoms with Crippen LogP contribution in [0.5, 0.6) is 0 Å². The number of nitrogens with one attached hydrogen (secondary N) is 1. The van der Waals surface area contributed by atoms with Crippen molar-refractivity contribution in [1.29, 1.82) is 0 Å². The van der Waals surface area contributed by atoms with Crippen molar-refractivity contribution in [3.63, 3.8) is 0 Å². The highest BCUT2D eigenvalue weighted by molar-refractivity contribution is 6.04. The van der Waals surface area contributed by atoms with E-state index in [1.54, 1.807) is 48.9 Å². The van der Waals surface area contributed by atoms with E-state index >= 15 is 0 Å². The Balaban J connectivity index is 1.57. The molecule has 0 aliphatic rings. The summed E-state index contributed by atoms with van der Waals surface area (Å²) in [4.78, 5) is 34.3. The van der Waals surface area contributed by atoms with Crippen molar-refractivity contribution < 1.29 is 14.3 Å². The van der Waals surface area contributed by atoms with E-state index in [2.05, 4.69) is 20.0 Å². The van der Waals surface area contributed by atoms with E-state index in [1.165, 1.54) is 12.7 Å². The molecular formula is C22H22N4O3. The van der Waals surface area contributed by atoms with E-state index in [4.69, 9.17) is 0 Å². The molecule has 7 nitrogen and oxygen atoms in total. The summed E-state index contributed by atoms with van der Waals surface area (Å²) < 4.78 is 4.66. The SMILES string of the molecule is COC(=O)c1ccc(NC(=O)c2ccc(N(C)CCc3ccncc3)nc2)cc1. The number of nitrogens with zero attached hydrogens (tertiary/aromatic N) is 3. The fraction of sp³-hybridized carbons (Fsp3) is 0.182. The Morgan fingerprint density at radius 3 is 2.31 bits per heavy atom. The summed E-state index contributed by atoms with van der Waals surface area (Å²) in [6, 6.07) is 14.0. The number of aromatic nitrogens is 2. The van der Waals surface area contributed by atoms with Crippen molar-refractivity contribution in [2.75, 3.05) is 30.9 Å². The molecule has 2 aromatic heterocycles. The fourth-order valence-electron chi connectivity index (χ4n) is 2.72. The van der Waals surface area contributed by atoms with Gasteiger partial charge >= 0.3 is 5.97 Å². The number of hydrogen-bond acceptors (Lipinski definition) is 6. The van der Waals surface area contributed by atoms with E-state index < -0.39 is 5.97 Å². The van der Waals surface area contributed by atoms with Crippen molar-refractivity contribution >= 4 is 23.4 Å². The molecule has 2 heterocycles. The number of likely N-dealkylation sites (N-methyl/N-ethyl adjacent to an activating group) is 1. The number of hydrogen-bond donors (Lipinski definition) is 1. The van der Waals surface area contributed by atoms with Crippen molar-refractivity contribution in [1.82, 2.24) is 9.97 Å². The Morgan fingerprint density at radius 1 is 1.00 bits per heavy atom. The maximum atomic E-state index is 12.4. The summed E-state index contributed by atoms with van der Waals surface area (Å²) in [7, 11) is 3.29. The zero-order chi connectivity index (χ0) is 20.6. The minimum atomic E-state index is -0.421. The van der Waals surface area contributed by atoms with E-state index in [-0.39, 0.29) is 5.91 Å². The standard InChI is InChI=1S/C22H22N4O3/c1-26(14-11-16-9-12-23-13-10-16)20-8-5-18(15-24-20)21(27)25-19-6-3-17(4-7-19)22(28)29-2/h3-10,12-13,15H,11,14H2,1-2H3,(H,25,27). The van der Waals surface area contributed by atoms with Gasteiger partial charge in [0.05, 0.1) is 18.2 Å². The number of ether oxygens (including phenoxy) is 1. The number of esters is 1. The lowest BCUT2D eigenvalue weighted by Crippen LogP contribution is -2.21. The molecule has 3 aromatic rings. The van der Waals surface area contributed by atoms with Crippen LogP contribution in [0, 0.1) is 0 Å². The highest BCUT2D eigenvalue weighted by Crippen LogP contribution is 2.14. The normalized spacial score (nSPS) is 10.3. The Morgan fingerprint density at radius 2 is 1.69 bits per heavy atom. The quantitative estimate of drug-likeness (QED) is 0.624. The lowest BCUT2D eigenvalue weighted by atomic mass is 10.2. The van der Waals surface area contributed by atoms with Crippen molar-refractivity contribution in [3.8, 4) is 0 Å². The molecule has 0 atom stereocenters. The van der Waals surface area contributed by atoms with Gasteiger partial charge in [-0.3, -0.25) is 9.78 Å². The van der Waals surface area contributed by atoms with Crippen LogP contribution in [0.1, 0.15) is 26.3 Å². The van der Waals surface area contributed by atoms with Crippen LogP contribution in [0.2, 0.25) is 0 Å². The monoisotopic (exact) mass is 390 g/mol. The first-order valence-electron chi connectivity index (χ1n) is 9.12. The average molecular weight is 390 g/mol. The van der Waals surface area contributed by atoms with Crippen LogP contribution in [0.15, 0.2) is 67.1 Å². The Labute approximate surface area is 169 Å². The molecule has 0 aliphatic carbocycles. The maximum Gasteiger partial charge on any atom is 0.337 e. The molecule has 0 spiro atoms. The third kappa shape index (κ3) is 5.38. The van der Waals surface area contributed by atoms with E-state index in [9.17, 15) is 9.59 Å². The third-order valence-electron chi connectivity index (χ3n) is 4.45. The minimum Gasteiger partial charge on any atom is -0.465 e. The average Bonchev–Trinajstić information content (AvgIpc) is 2.78. The van der Waals surface area contributed by atoms with Gasteiger partial charge < -0.3 is 15.0 Å². The van der Waals surface area contributed by atoms with E-state index in [0.717, 1.165) is 18.8 Å². The van der Waals surface area contributed by atoms with Crippen molar-refractivity contribution in [3.05, 3.63) is 83.8 Å². The maximum absolute atomic E-state index is 12.4. The van der Waals surface area contributed by atoms with Gasteiger partial charge in [0, 0.05) is 37.9 Å². The number of anilines is 2. The highest BCUT2D eigenvalue weighted by atomic mass is 16.5. The first-order valence-corrected chi connectivity index (χ1v) is 9.12. The van der Waals surface area contributed by atoms with Crippen LogP contribution in [0.4, 0.5) is 11.5 Å². The lowest BCUT2D eigenvalue weighted by Gasteiger charge is -2.18. The Kier molecular flexibility index (Phi) is 6.52. The zero-order valence-corrected chi connectivity index (χ0v) is 16.3. The largest absolute Gasteiger partial charge is 0.465 e. The van der Waals surface area contributed by atoms with Gasteiger partial charge in [0.15, 0.2) is 0 Å². The summed E-state index contributed by atoms with van der Waals surface area (Å²) in [5, 5.41) is 2.79. The molecule has 0 radical (unpaired) electrons. The smallest absolute Gasteiger partial charge is 0.337 e. The fourth-order valence-corrected chi connectivity index (χ4v) is 2.72. The van der Waals surface area contributed by atoms with Crippen LogP contribution in [-0.2, 0) is 11.2 Å². The minimum absolute atomic E-state index is 0.269. The van der Waals surface area contributed by atoms with Crippen LogP contribution in [-0.4, -0.2) is 42.5 Å². The molecule has 148 valence electrons. The molecule has 1 amide bonds. The predicted octanol–water partition coefficient (Wildman–Crippen LogP) is 3.19. The molecular weight excluding hydrogens is 368 g/mol. The van der Waals surface area contributed by atoms with Gasteiger partial charge in [0.1, 0.15) is 5.82 Å². The molecule has 1 aromatic carbocycles. The van der Waals surface area contributed by atoms with E-state index in [0.29, 0.717) is 16.8 Å². The topological polar surface area (TPSA) is 84.4 Å². The van der Waals surface area contributed by atoms with Crippen molar-refractivity contribution in [2.45, 2.75) is 6.42 Å². The van der Waals surface area contributed by atoms with Gasteiger partial charge in [-0.2, -0.15) is 0 Å². The summed E-state index contributed by atoms with van der Waals surface area (Å²) in [5.74, 6) is 0.100. The molecule has 0 saturated heterocycles. The van der Waals surface area contributed by atoms with Crippen LogP contribution < -0.4 is 10.2 Å². The van der Waals surface area contributed by atoms with Crippen LogP contribution in [0.3, 0.4) is 0 Å². The zero-order valence-electron chi connectivity index (χ0n) is 16.3. The highest BCUT2D eigenvalue weighted by Gasteiger charge is 2.10. The van der Waals surface area contributed by atoms with Gasteiger partial charge in [-0.25, -0.2) is 9.78 Å². The van der Waals surface area contributed by atoms with Crippen molar-refractivity contribution in [2.24, 2.45) is 0 Å². The second-order valence-electron chi connectivity index (χ2n) is 6.46. The van der Waals surface area contributed by atoms with Gasteiger partial charge in [-0.05, 0) is 60.5 Å². The first-order chi connectivity index (χ1) is 14.1. The molecule has 0 aliphatic heterocycles.